The molecule has 1 aliphatic rings. The van der Waals surface area contributed by atoms with E-state index < -0.39 is 0 Å². The van der Waals surface area contributed by atoms with Crippen LogP contribution >= 0.6 is 0 Å². The summed E-state index contributed by atoms with van der Waals surface area (Å²) in [4.78, 5) is 24.3. The highest BCUT2D eigenvalue weighted by molar-refractivity contribution is 5.81. The van der Waals surface area contributed by atoms with Gasteiger partial charge in [-0.25, -0.2) is 4.68 Å². The second kappa shape index (κ2) is 8.06. The molecule has 1 saturated heterocycles. The van der Waals surface area contributed by atoms with Crippen molar-refractivity contribution in [1.82, 2.24) is 15.1 Å². The van der Waals surface area contributed by atoms with Gasteiger partial charge in [0.2, 0.25) is 5.91 Å². The molecule has 1 aromatic carbocycles. The van der Waals surface area contributed by atoms with Crippen LogP contribution in [-0.2, 0) is 16.1 Å². The van der Waals surface area contributed by atoms with Gasteiger partial charge in [0.25, 0.3) is 5.56 Å². The summed E-state index contributed by atoms with van der Waals surface area (Å²) in [6.45, 7) is 1.46. The lowest BCUT2D eigenvalue weighted by Gasteiger charge is -2.10. The molecule has 6 heteroatoms. The van der Waals surface area contributed by atoms with Gasteiger partial charge in [-0.05, 0) is 38.2 Å². The number of unbranched alkanes of at least 4 members (excludes halogenated alkanes) is 1. The van der Waals surface area contributed by atoms with Gasteiger partial charge in [-0.15, -0.1) is 0 Å². The van der Waals surface area contributed by atoms with Crippen LogP contribution in [0.4, 0.5) is 0 Å². The first kappa shape index (κ1) is 16.6. The molecule has 0 spiro atoms. The summed E-state index contributed by atoms with van der Waals surface area (Å²) in [5.41, 5.74) is -0.235. The minimum absolute atomic E-state index is 0.0462. The first-order valence-electron chi connectivity index (χ1n) is 8.57. The average molecular weight is 329 g/mol. The van der Waals surface area contributed by atoms with Crippen molar-refractivity contribution >= 4 is 16.7 Å². The maximum absolute atomic E-state index is 12.3. The number of aromatic nitrogens is 2. The van der Waals surface area contributed by atoms with Crippen molar-refractivity contribution < 1.29 is 9.53 Å². The molecule has 6 nitrogen and oxygen atoms in total. The molecule has 1 aliphatic heterocycles. The van der Waals surface area contributed by atoms with Crippen molar-refractivity contribution in [3.63, 3.8) is 0 Å². The zero-order valence-electron chi connectivity index (χ0n) is 13.7. The van der Waals surface area contributed by atoms with Crippen molar-refractivity contribution in [2.24, 2.45) is 0 Å². The summed E-state index contributed by atoms with van der Waals surface area (Å²) in [6, 6.07) is 7.25. The van der Waals surface area contributed by atoms with Crippen LogP contribution < -0.4 is 10.9 Å². The van der Waals surface area contributed by atoms with Crippen molar-refractivity contribution in [2.45, 2.75) is 44.8 Å². The van der Waals surface area contributed by atoms with E-state index in [1.807, 2.05) is 18.2 Å². The summed E-state index contributed by atoms with van der Waals surface area (Å²) in [5.74, 6) is -0.183. The number of fused-ring (bicyclic) bond motifs is 1. The largest absolute Gasteiger partial charge is 0.378 e. The van der Waals surface area contributed by atoms with Crippen LogP contribution in [0.15, 0.2) is 35.3 Å². The monoisotopic (exact) mass is 329 g/mol. The Bertz CT molecular complexity index is 751. The van der Waals surface area contributed by atoms with E-state index in [9.17, 15) is 9.59 Å². The van der Waals surface area contributed by atoms with Gasteiger partial charge in [-0.1, -0.05) is 18.2 Å². The highest BCUT2D eigenvalue weighted by Gasteiger charge is 2.14. The van der Waals surface area contributed by atoms with Gasteiger partial charge in [0, 0.05) is 18.5 Å². The molecular weight excluding hydrogens is 306 g/mol. The van der Waals surface area contributed by atoms with Gasteiger partial charge in [0.05, 0.1) is 17.7 Å². The number of nitrogens with zero attached hydrogens (tertiary/aromatic N) is 2. The molecule has 0 bridgehead atoms. The van der Waals surface area contributed by atoms with E-state index in [1.54, 1.807) is 12.3 Å². The smallest absolute Gasteiger partial charge is 0.275 e. The lowest BCUT2D eigenvalue weighted by molar-refractivity contribution is -0.121. The molecular formula is C18H23N3O3. The highest BCUT2D eigenvalue weighted by Crippen LogP contribution is 2.17. The zero-order valence-corrected chi connectivity index (χ0v) is 13.7. The third-order valence-corrected chi connectivity index (χ3v) is 4.35. The molecule has 1 aromatic heterocycles. The topological polar surface area (TPSA) is 73.2 Å². The molecule has 128 valence electrons. The number of carbonyl (C=O) groups is 1. The number of carbonyl (C=O) groups excluding carboxylic acids is 1. The van der Waals surface area contributed by atoms with Crippen LogP contribution in [0.3, 0.4) is 0 Å². The Labute approximate surface area is 140 Å². The van der Waals surface area contributed by atoms with E-state index in [1.165, 1.54) is 4.68 Å². The molecule has 0 aliphatic carbocycles. The molecule has 0 radical (unpaired) electrons. The maximum Gasteiger partial charge on any atom is 0.275 e. The Kier molecular flexibility index (Phi) is 5.59. The predicted octanol–water partition coefficient (Wildman–Crippen LogP) is 1.86. The second-order valence-electron chi connectivity index (χ2n) is 6.18. The van der Waals surface area contributed by atoms with E-state index in [4.69, 9.17) is 4.74 Å². The van der Waals surface area contributed by atoms with Crippen molar-refractivity contribution in [2.75, 3.05) is 13.2 Å². The lowest BCUT2D eigenvalue weighted by atomic mass is 10.1. The van der Waals surface area contributed by atoms with E-state index in [2.05, 4.69) is 10.4 Å². The molecule has 1 N–H and O–H groups in total. The Morgan fingerprint density at radius 2 is 2.21 bits per heavy atom. The quantitative estimate of drug-likeness (QED) is 0.787. The molecule has 0 unspecified atom stereocenters. The predicted molar refractivity (Wildman–Crippen MR) is 91.8 cm³/mol. The van der Waals surface area contributed by atoms with Gasteiger partial charge in [0.1, 0.15) is 6.54 Å². The second-order valence-corrected chi connectivity index (χ2v) is 6.18. The summed E-state index contributed by atoms with van der Waals surface area (Å²) >= 11 is 0. The normalized spacial score (nSPS) is 17.2. The minimum atomic E-state index is -0.235. The third kappa shape index (κ3) is 4.20. The standard InChI is InChI=1S/C18H23N3O3/c22-17(19-10-4-3-7-15-8-5-11-24-15)13-21-18(23)16-9-2-1-6-14(16)12-20-21/h1-2,6,9,12,15H,3-5,7-8,10-11,13H2,(H,19,22)/t15-/m0/s1. The third-order valence-electron chi connectivity index (χ3n) is 4.35. The van der Waals surface area contributed by atoms with E-state index in [0.29, 0.717) is 18.0 Å². The summed E-state index contributed by atoms with van der Waals surface area (Å²) in [6.07, 6.45) is 7.36. The number of benzene rings is 1. The maximum atomic E-state index is 12.3. The number of hydrogen-bond donors (Lipinski definition) is 1. The number of ether oxygens (including phenoxy) is 1. The number of nitrogens with one attached hydrogen (secondary N) is 1. The number of hydrogen-bond acceptors (Lipinski definition) is 4. The van der Waals surface area contributed by atoms with E-state index in [0.717, 1.165) is 44.1 Å². The van der Waals surface area contributed by atoms with Crippen molar-refractivity contribution in [3.05, 3.63) is 40.8 Å². The van der Waals surface area contributed by atoms with Crippen molar-refractivity contribution in [1.29, 1.82) is 0 Å². The first-order valence-corrected chi connectivity index (χ1v) is 8.57. The summed E-state index contributed by atoms with van der Waals surface area (Å²) < 4.78 is 6.79. The van der Waals surface area contributed by atoms with Crippen LogP contribution in [0.2, 0.25) is 0 Å². The van der Waals surface area contributed by atoms with Gasteiger partial charge in [-0.3, -0.25) is 9.59 Å². The average Bonchev–Trinajstić information content (AvgIpc) is 3.11. The van der Waals surface area contributed by atoms with Gasteiger partial charge in [-0.2, -0.15) is 5.10 Å². The molecule has 24 heavy (non-hydrogen) atoms. The van der Waals surface area contributed by atoms with Gasteiger partial charge < -0.3 is 10.1 Å². The first-order chi connectivity index (χ1) is 11.7. The van der Waals surface area contributed by atoms with Crippen LogP contribution in [-0.4, -0.2) is 34.9 Å². The molecule has 2 aromatic rings. The highest BCUT2D eigenvalue weighted by atomic mass is 16.5. The molecule has 1 amide bonds. The number of rotatable bonds is 7. The zero-order chi connectivity index (χ0) is 16.8. The van der Waals surface area contributed by atoms with Gasteiger partial charge in [0.15, 0.2) is 0 Å². The lowest BCUT2D eigenvalue weighted by Crippen LogP contribution is -2.34. The Hall–Kier alpha value is -2.21. The van der Waals surface area contributed by atoms with Crippen LogP contribution in [0.25, 0.3) is 10.8 Å². The van der Waals surface area contributed by atoms with Crippen LogP contribution in [0.1, 0.15) is 32.1 Å². The Balaban J connectivity index is 1.45. The Morgan fingerprint density at radius 3 is 3.04 bits per heavy atom. The van der Waals surface area contributed by atoms with E-state index in [-0.39, 0.29) is 18.0 Å². The molecule has 2 heterocycles. The SMILES string of the molecule is O=C(Cn1ncc2ccccc2c1=O)NCCCC[C@H]1CCCO1. The van der Waals surface area contributed by atoms with Gasteiger partial charge >= 0.3 is 0 Å². The Morgan fingerprint density at radius 1 is 1.33 bits per heavy atom. The fraction of sp³-hybridized carbons (Fsp3) is 0.500. The van der Waals surface area contributed by atoms with Crippen LogP contribution in [0.5, 0.6) is 0 Å². The summed E-state index contributed by atoms with van der Waals surface area (Å²) in [5, 5.41) is 8.29. The van der Waals surface area contributed by atoms with Crippen molar-refractivity contribution in [3.8, 4) is 0 Å². The van der Waals surface area contributed by atoms with E-state index >= 15 is 0 Å². The molecule has 3 rings (SSSR count). The fourth-order valence-electron chi connectivity index (χ4n) is 3.03. The molecule has 1 atom stereocenters. The van der Waals surface area contributed by atoms with Crippen LogP contribution in [0, 0.1) is 0 Å². The molecule has 1 fully saturated rings. The molecule has 0 saturated carbocycles. The fourth-order valence-corrected chi connectivity index (χ4v) is 3.03. The summed E-state index contributed by atoms with van der Waals surface area (Å²) in [7, 11) is 0. The number of amides is 1. The minimum Gasteiger partial charge on any atom is -0.378 e.